The van der Waals surface area contributed by atoms with E-state index in [-0.39, 0.29) is 5.91 Å². The van der Waals surface area contributed by atoms with E-state index in [9.17, 15) is 4.79 Å². The van der Waals surface area contributed by atoms with Gasteiger partial charge in [0.2, 0.25) is 0 Å². The van der Waals surface area contributed by atoms with Crippen LogP contribution in [0.15, 0.2) is 73.1 Å². The third-order valence-electron chi connectivity index (χ3n) is 5.36. The first-order chi connectivity index (χ1) is 15.7. The van der Waals surface area contributed by atoms with E-state index >= 15 is 0 Å². The van der Waals surface area contributed by atoms with Crippen molar-refractivity contribution >= 4 is 23.0 Å². The van der Waals surface area contributed by atoms with Gasteiger partial charge in [-0.05, 0) is 80.6 Å². The molecule has 3 aromatic rings. The summed E-state index contributed by atoms with van der Waals surface area (Å²) in [6.45, 7) is 9.67. The van der Waals surface area contributed by atoms with Crippen molar-refractivity contribution in [1.29, 1.82) is 0 Å². The van der Waals surface area contributed by atoms with Crippen LogP contribution in [0.3, 0.4) is 0 Å². The Hall–Kier alpha value is -3.22. The van der Waals surface area contributed by atoms with Crippen LogP contribution in [0.25, 0.3) is 0 Å². The lowest BCUT2D eigenvalue weighted by molar-refractivity contribution is 0.102. The lowest BCUT2D eigenvalue weighted by Gasteiger charge is -2.17. The number of hydrogen-bond donors (Lipinski definition) is 3. The van der Waals surface area contributed by atoms with Crippen molar-refractivity contribution in [1.82, 2.24) is 15.2 Å². The number of hydrogen-bond acceptors (Lipinski definition) is 5. The number of amides is 1. The van der Waals surface area contributed by atoms with Crippen LogP contribution in [-0.2, 0) is 6.54 Å². The van der Waals surface area contributed by atoms with Crippen molar-refractivity contribution in [3.05, 3.63) is 84.2 Å². The van der Waals surface area contributed by atoms with Gasteiger partial charge in [0.05, 0.1) is 0 Å². The topological polar surface area (TPSA) is 69.3 Å². The van der Waals surface area contributed by atoms with Crippen molar-refractivity contribution in [3.63, 3.8) is 0 Å². The van der Waals surface area contributed by atoms with Crippen molar-refractivity contribution in [3.8, 4) is 0 Å². The second-order valence-electron chi connectivity index (χ2n) is 7.65. The van der Waals surface area contributed by atoms with E-state index in [1.54, 1.807) is 30.6 Å². The van der Waals surface area contributed by atoms with Gasteiger partial charge in [0.15, 0.2) is 0 Å². The van der Waals surface area contributed by atoms with Crippen LogP contribution in [0, 0.1) is 0 Å². The highest BCUT2D eigenvalue weighted by atomic mass is 16.1. The number of pyridine rings is 1. The van der Waals surface area contributed by atoms with E-state index in [2.05, 4.69) is 63.9 Å². The predicted octanol–water partition coefficient (Wildman–Crippen LogP) is 4.90. The summed E-state index contributed by atoms with van der Waals surface area (Å²) < 4.78 is 0. The molecular formula is C26H33N5O. The summed E-state index contributed by atoms with van der Waals surface area (Å²) in [7, 11) is 0. The van der Waals surface area contributed by atoms with Gasteiger partial charge >= 0.3 is 0 Å². The number of aromatic nitrogens is 1. The summed E-state index contributed by atoms with van der Waals surface area (Å²) in [5.41, 5.74) is 4.43. The predicted molar refractivity (Wildman–Crippen MR) is 132 cm³/mol. The maximum absolute atomic E-state index is 12.5. The number of nitrogens with zero attached hydrogens (tertiary/aromatic N) is 2. The molecule has 0 aliphatic heterocycles. The summed E-state index contributed by atoms with van der Waals surface area (Å²) in [6.07, 6.45) is 4.46. The number of nitrogens with one attached hydrogen (secondary N) is 3. The molecule has 3 rings (SSSR count). The minimum absolute atomic E-state index is 0.151. The molecule has 3 N–H and O–H groups in total. The van der Waals surface area contributed by atoms with Crippen LogP contribution in [0.5, 0.6) is 0 Å². The van der Waals surface area contributed by atoms with E-state index in [1.807, 2.05) is 18.2 Å². The fraction of sp³-hybridized carbons (Fsp3) is 0.308. The molecule has 1 aromatic heterocycles. The van der Waals surface area contributed by atoms with Crippen LogP contribution < -0.4 is 16.0 Å². The molecule has 0 aliphatic rings. The van der Waals surface area contributed by atoms with Crippen LogP contribution in [-0.4, -0.2) is 42.0 Å². The molecule has 2 aromatic carbocycles. The average molecular weight is 432 g/mol. The van der Waals surface area contributed by atoms with E-state index in [1.165, 1.54) is 5.56 Å². The van der Waals surface area contributed by atoms with Crippen molar-refractivity contribution in [2.24, 2.45) is 0 Å². The van der Waals surface area contributed by atoms with Crippen LogP contribution >= 0.6 is 0 Å². The fourth-order valence-electron chi connectivity index (χ4n) is 3.45. The second-order valence-corrected chi connectivity index (χ2v) is 7.65. The van der Waals surface area contributed by atoms with E-state index < -0.39 is 0 Å². The maximum Gasteiger partial charge on any atom is 0.255 e. The highest BCUT2D eigenvalue weighted by molar-refractivity contribution is 6.04. The Morgan fingerprint density at radius 1 is 0.906 bits per heavy atom. The standard InChI is InChI=1S/C26H33N5O/c1-3-31(4-2)18-6-15-28-20-21-9-11-23(12-10-21)29-25-8-5-7-22(19-25)26(32)30-24-13-16-27-17-14-24/h5,7-14,16-17,19,28-29H,3-4,6,15,18,20H2,1-2H3,(H,27,30,32). The zero-order valence-electron chi connectivity index (χ0n) is 19.0. The molecule has 1 heterocycles. The van der Waals surface area contributed by atoms with Gasteiger partial charge in [0.25, 0.3) is 5.91 Å². The molecule has 0 spiro atoms. The Balaban J connectivity index is 1.48. The second kappa shape index (κ2) is 12.6. The number of benzene rings is 2. The Kier molecular flexibility index (Phi) is 9.22. The Morgan fingerprint density at radius 2 is 1.66 bits per heavy atom. The molecule has 0 aliphatic carbocycles. The molecule has 0 bridgehead atoms. The number of carbonyl (C=O) groups is 1. The van der Waals surface area contributed by atoms with Gasteiger partial charge in [-0.2, -0.15) is 0 Å². The van der Waals surface area contributed by atoms with Gasteiger partial charge in [0, 0.05) is 41.6 Å². The lowest BCUT2D eigenvalue weighted by atomic mass is 10.1. The quantitative estimate of drug-likeness (QED) is 0.356. The van der Waals surface area contributed by atoms with Gasteiger partial charge in [-0.1, -0.05) is 32.0 Å². The maximum atomic E-state index is 12.5. The van der Waals surface area contributed by atoms with Crippen LogP contribution in [0.4, 0.5) is 17.1 Å². The summed E-state index contributed by atoms with van der Waals surface area (Å²) in [5, 5.41) is 9.78. The summed E-state index contributed by atoms with van der Waals surface area (Å²) in [4.78, 5) is 18.9. The summed E-state index contributed by atoms with van der Waals surface area (Å²) >= 11 is 0. The largest absolute Gasteiger partial charge is 0.356 e. The third kappa shape index (κ3) is 7.48. The average Bonchev–Trinajstić information content (AvgIpc) is 2.83. The molecule has 0 atom stereocenters. The minimum Gasteiger partial charge on any atom is -0.356 e. The minimum atomic E-state index is -0.151. The summed E-state index contributed by atoms with van der Waals surface area (Å²) in [6, 6.07) is 19.4. The zero-order chi connectivity index (χ0) is 22.6. The van der Waals surface area contributed by atoms with Crippen LogP contribution in [0.2, 0.25) is 0 Å². The first-order valence-corrected chi connectivity index (χ1v) is 11.3. The van der Waals surface area contributed by atoms with Gasteiger partial charge in [-0.3, -0.25) is 9.78 Å². The molecular weight excluding hydrogens is 398 g/mol. The molecule has 0 saturated heterocycles. The Morgan fingerprint density at radius 3 is 2.38 bits per heavy atom. The highest BCUT2D eigenvalue weighted by Gasteiger charge is 2.07. The molecule has 0 fully saturated rings. The van der Waals surface area contributed by atoms with Crippen molar-refractivity contribution in [2.75, 3.05) is 36.8 Å². The van der Waals surface area contributed by atoms with Gasteiger partial charge < -0.3 is 20.9 Å². The monoisotopic (exact) mass is 431 g/mol. The molecule has 0 unspecified atom stereocenters. The zero-order valence-corrected chi connectivity index (χ0v) is 19.0. The Labute approximate surface area is 191 Å². The van der Waals surface area contributed by atoms with Crippen LogP contribution in [0.1, 0.15) is 36.2 Å². The first-order valence-electron chi connectivity index (χ1n) is 11.3. The third-order valence-corrected chi connectivity index (χ3v) is 5.36. The molecule has 0 radical (unpaired) electrons. The highest BCUT2D eigenvalue weighted by Crippen LogP contribution is 2.19. The summed E-state index contributed by atoms with van der Waals surface area (Å²) in [5.74, 6) is -0.151. The normalized spacial score (nSPS) is 10.8. The number of anilines is 3. The van der Waals surface area contributed by atoms with Gasteiger partial charge in [-0.25, -0.2) is 0 Å². The van der Waals surface area contributed by atoms with E-state index in [0.29, 0.717) is 5.56 Å². The molecule has 1 amide bonds. The molecule has 0 saturated carbocycles. The first kappa shape index (κ1) is 23.4. The van der Waals surface area contributed by atoms with E-state index in [0.717, 1.165) is 56.2 Å². The fourth-order valence-corrected chi connectivity index (χ4v) is 3.45. The molecule has 32 heavy (non-hydrogen) atoms. The molecule has 6 heteroatoms. The smallest absolute Gasteiger partial charge is 0.255 e. The van der Waals surface area contributed by atoms with Crippen molar-refractivity contribution < 1.29 is 4.79 Å². The number of carbonyl (C=O) groups excluding carboxylic acids is 1. The molecule has 168 valence electrons. The van der Waals surface area contributed by atoms with Gasteiger partial charge in [0.1, 0.15) is 0 Å². The van der Waals surface area contributed by atoms with Gasteiger partial charge in [-0.15, -0.1) is 0 Å². The SMILES string of the molecule is CCN(CC)CCCNCc1ccc(Nc2cccc(C(=O)Nc3ccncc3)c2)cc1. The molecule has 6 nitrogen and oxygen atoms in total. The number of rotatable bonds is 12. The lowest BCUT2D eigenvalue weighted by Crippen LogP contribution is -2.27. The Bertz CT molecular complexity index is 955. The van der Waals surface area contributed by atoms with E-state index in [4.69, 9.17) is 0 Å². The van der Waals surface area contributed by atoms with Crippen molar-refractivity contribution in [2.45, 2.75) is 26.8 Å².